The van der Waals surface area contributed by atoms with Crippen molar-refractivity contribution in [3.63, 3.8) is 0 Å². The minimum Gasteiger partial charge on any atom is -0.468 e. The van der Waals surface area contributed by atoms with E-state index < -0.39 is 28.4 Å². The van der Waals surface area contributed by atoms with Crippen molar-refractivity contribution < 1.29 is 28.7 Å². The van der Waals surface area contributed by atoms with Crippen LogP contribution in [0.1, 0.15) is 48.1 Å². The topological polar surface area (TPSA) is 164 Å². The number of aryl methyl sites for hydroxylation is 1. The number of hydrogen-bond donors (Lipinski definition) is 0. The van der Waals surface area contributed by atoms with Gasteiger partial charge in [0.05, 0.1) is 36.0 Å². The Morgan fingerprint density at radius 2 is 1.86 bits per heavy atom. The van der Waals surface area contributed by atoms with Gasteiger partial charge in [-0.25, -0.2) is 4.79 Å². The van der Waals surface area contributed by atoms with E-state index in [0.717, 1.165) is 36.1 Å². The van der Waals surface area contributed by atoms with Crippen LogP contribution in [-0.2, 0) is 39.1 Å². The molecule has 2 fully saturated rings. The fourth-order valence-electron chi connectivity index (χ4n) is 7.43. The summed E-state index contributed by atoms with van der Waals surface area (Å²) in [4.78, 5) is 53.9. The van der Waals surface area contributed by atoms with Crippen LogP contribution in [0.4, 0.5) is 16.3 Å². The maximum Gasteiger partial charge on any atom is 0.410 e. The molecule has 1 aromatic heterocycles. The standard InChI is InChI=1S/C36H41N7O7/c1-40-18-8-12-28(40)24-49-34-38-30(21-36(33(44)48-2)16-14-26-11-6-7-13-29(26)36)31(43(46)47)32(39-34)41-19-20-42(27(22-41)15-17-37)35(45)50-23-25-9-4-3-5-10-25/h3-7,9-11,13,27-28H,8,12,14-16,18-24H2,1-2H3/t27-,28?,36?/m0/s1. The van der Waals surface area contributed by atoms with Gasteiger partial charge in [0, 0.05) is 32.1 Å². The average Bonchev–Trinajstić information content (AvgIpc) is 3.72. The van der Waals surface area contributed by atoms with E-state index in [1.807, 2.05) is 61.6 Å². The molecule has 0 radical (unpaired) electrons. The monoisotopic (exact) mass is 683 g/mol. The second-order valence-corrected chi connectivity index (χ2v) is 13.1. The normalized spacial score (nSPS) is 21.7. The number of amides is 1. The summed E-state index contributed by atoms with van der Waals surface area (Å²) in [5, 5.41) is 22.7. The maximum atomic E-state index is 13.6. The fourth-order valence-corrected chi connectivity index (χ4v) is 7.43. The molecule has 2 aliphatic heterocycles. The summed E-state index contributed by atoms with van der Waals surface area (Å²) in [5.74, 6) is -0.481. The van der Waals surface area contributed by atoms with Crippen LogP contribution < -0.4 is 9.64 Å². The number of methoxy groups -OCH3 is 1. The summed E-state index contributed by atoms with van der Waals surface area (Å²) in [5.41, 5.74) is 1.07. The molecular formula is C36H41N7O7. The van der Waals surface area contributed by atoms with Crippen molar-refractivity contribution in [2.45, 2.75) is 62.6 Å². The quantitative estimate of drug-likeness (QED) is 0.161. The molecule has 14 heteroatoms. The number of piperazine rings is 1. The van der Waals surface area contributed by atoms with Gasteiger partial charge in [-0.1, -0.05) is 54.6 Å². The van der Waals surface area contributed by atoms with Gasteiger partial charge in [0.25, 0.3) is 0 Å². The Hall–Kier alpha value is -5.29. The number of nitro groups is 1. The molecule has 2 unspecified atom stereocenters. The third-order valence-electron chi connectivity index (χ3n) is 10.1. The highest BCUT2D eigenvalue weighted by molar-refractivity contribution is 5.85. The van der Waals surface area contributed by atoms with Crippen molar-refractivity contribution in [1.29, 1.82) is 5.26 Å². The van der Waals surface area contributed by atoms with Gasteiger partial charge < -0.3 is 28.9 Å². The van der Waals surface area contributed by atoms with Crippen LogP contribution in [0.2, 0.25) is 0 Å². The van der Waals surface area contributed by atoms with Crippen LogP contribution >= 0.6 is 0 Å². The summed E-state index contributed by atoms with van der Waals surface area (Å²) in [6.45, 7) is 1.69. The number of nitrogens with zero attached hydrogens (tertiary/aromatic N) is 7. The van der Waals surface area contributed by atoms with Gasteiger partial charge in [-0.05, 0) is 56.0 Å². The fraction of sp³-hybridized carbons (Fsp3) is 0.472. The largest absolute Gasteiger partial charge is 0.468 e. The lowest BCUT2D eigenvalue weighted by molar-refractivity contribution is -0.385. The van der Waals surface area contributed by atoms with Crippen LogP contribution in [0.5, 0.6) is 6.01 Å². The summed E-state index contributed by atoms with van der Waals surface area (Å²) in [6, 6.07) is 18.4. The minimum atomic E-state index is -1.20. The second kappa shape index (κ2) is 15.1. The molecule has 3 aromatic rings. The molecule has 2 aromatic carbocycles. The number of likely N-dealkylation sites (tertiary alicyclic amines) is 1. The predicted octanol–water partition coefficient (Wildman–Crippen LogP) is 4.20. The molecule has 0 bridgehead atoms. The van der Waals surface area contributed by atoms with Gasteiger partial charge in [0.15, 0.2) is 0 Å². The average molecular weight is 684 g/mol. The molecule has 262 valence electrons. The number of ether oxygens (including phenoxy) is 3. The van der Waals surface area contributed by atoms with Crippen LogP contribution in [-0.4, -0.2) is 95.8 Å². The van der Waals surface area contributed by atoms with E-state index in [2.05, 4.69) is 20.9 Å². The number of rotatable bonds is 11. The number of benzene rings is 2. The molecule has 3 atom stereocenters. The number of likely N-dealkylation sites (N-methyl/N-ethyl adjacent to an activating group) is 1. The summed E-state index contributed by atoms with van der Waals surface area (Å²) < 4.78 is 17.1. The van der Waals surface area contributed by atoms with Gasteiger partial charge in [0.2, 0.25) is 5.82 Å². The van der Waals surface area contributed by atoms with Gasteiger partial charge >= 0.3 is 23.8 Å². The first-order chi connectivity index (χ1) is 24.2. The molecule has 0 spiro atoms. The number of aromatic nitrogens is 2. The smallest absolute Gasteiger partial charge is 0.410 e. The molecule has 50 heavy (non-hydrogen) atoms. The first-order valence-corrected chi connectivity index (χ1v) is 16.9. The summed E-state index contributed by atoms with van der Waals surface area (Å²) in [6.07, 6.45) is 2.26. The Labute approximate surface area is 290 Å². The molecular weight excluding hydrogens is 642 g/mol. The molecule has 1 amide bonds. The molecule has 6 rings (SSSR count). The lowest BCUT2D eigenvalue weighted by Crippen LogP contribution is -2.55. The number of carbonyl (C=O) groups is 2. The van der Waals surface area contributed by atoms with Gasteiger partial charge in [0.1, 0.15) is 18.9 Å². The van der Waals surface area contributed by atoms with Crippen molar-refractivity contribution in [2.75, 3.05) is 51.8 Å². The molecule has 0 N–H and O–H groups in total. The van der Waals surface area contributed by atoms with E-state index in [0.29, 0.717) is 12.8 Å². The van der Waals surface area contributed by atoms with Crippen molar-refractivity contribution in [3.05, 3.63) is 87.1 Å². The number of nitriles is 1. The highest BCUT2D eigenvalue weighted by atomic mass is 16.6. The first-order valence-electron chi connectivity index (χ1n) is 16.9. The zero-order valence-electron chi connectivity index (χ0n) is 28.3. The zero-order chi connectivity index (χ0) is 35.3. The zero-order valence-corrected chi connectivity index (χ0v) is 28.3. The number of hydrogen-bond acceptors (Lipinski definition) is 12. The molecule has 1 aliphatic carbocycles. The Morgan fingerprint density at radius 1 is 1.08 bits per heavy atom. The lowest BCUT2D eigenvalue weighted by atomic mass is 9.77. The highest BCUT2D eigenvalue weighted by Crippen LogP contribution is 2.45. The third kappa shape index (κ3) is 7.04. The molecule has 3 aliphatic rings. The van der Waals surface area contributed by atoms with Crippen molar-refractivity contribution in [2.24, 2.45) is 0 Å². The SMILES string of the molecule is COC(=O)C1(Cc2nc(OCC3CCCN3C)nc(N3CCN(C(=O)OCc4ccccc4)[C@@H](CC#N)C3)c2[N+](=O)[O-])CCc2ccccc21. The van der Waals surface area contributed by atoms with E-state index >= 15 is 0 Å². The van der Waals surface area contributed by atoms with Crippen molar-refractivity contribution in [1.82, 2.24) is 19.8 Å². The molecule has 3 heterocycles. The number of esters is 1. The Balaban J connectivity index is 1.35. The summed E-state index contributed by atoms with van der Waals surface area (Å²) >= 11 is 0. The van der Waals surface area contributed by atoms with E-state index in [4.69, 9.17) is 14.2 Å². The van der Waals surface area contributed by atoms with Crippen molar-refractivity contribution in [3.8, 4) is 12.1 Å². The predicted molar refractivity (Wildman–Crippen MR) is 182 cm³/mol. The van der Waals surface area contributed by atoms with Gasteiger partial charge in [-0.15, -0.1) is 0 Å². The van der Waals surface area contributed by atoms with E-state index in [9.17, 15) is 25.0 Å². The molecule has 2 saturated heterocycles. The Bertz CT molecular complexity index is 1770. The van der Waals surface area contributed by atoms with E-state index in [1.54, 1.807) is 4.90 Å². The second-order valence-electron chi connectivity index (χ2n) is 13.1. The van der Waals surface area contributed by atoms with Crippen LogP contribution in [0.15, 0.2) is 54.6 Å². The van der Waals surface area contributed by atoms with Gasteiger partial charge in [-0.2, -0.15) is 15.2 Å². The van der Waals surface area contributed by atoms with Crippen LogP contribution in [0.25, 0.3) is 0 Å². The lowest BCUT2D eigenvalue weighted by Gasteiger charge is -2.40. The van der Waals surface area contributed by atoms with Gasteiger partial charge in [-0.3, -0.25) is 14.9 Å². The highest BCUT2D eigenvalue weighted by Gasteiger charge is 2.49. The molecule has 0 saturated carbocycles. The third-order valence-corrected chi connectivity index (χ3v) is 10.1. The van der Waals surface area contributed by atoms with Crippen LogP contribution in [0, 0.1) is 21.4 Å². The Kier molecular flexibility index (Phi) is 10.4. The molecule has 14 nitrogen and oxygen atoms in total. The van der Waals surface area contributed by atoms with E-state index in [1.165, 1.54) is 12.0 Å². The van der Waals surface area contributed by atoms with Crippen LogP contribution in [0.3, 0.4) is 0 Å². The number of anilines is 1. The number of fused-ring (bicyclic) bond motifs is 1. The maximum absolute atomic E-state index is 13.6. The van der Waals surface area contributed by atoms with Crippen molar-refractivity contribution >= 4 is 23.6 Å². The first kappa shape index (κ1) is 34.6. The number of carbonyl (C=O) groups excluding carboxylic acids is 2. The minimum absolute atomic E-state index is 0.0151. The summed E-state index contributed by atoms with van der Waals surface area (Å²) in [7, 11) is 3.34. The van der Waals surface area contributed by atoms with E-state index in [-0.39, 0.29) is 74.9 Å². The Morgan fingerprint density at radius 3 is 2.58 bits per heavy atom.